The monoisotopic (exact) mass is 366 g/mol. The predicted octanol–water partition coefficient (Wildman–Crippen LogP) is 4.15. The lowest BCUT2D eigenvalue weighted by molar-refractivity contribution is -0.137. The molecule has 2 aliphatic heterocycles. The second-order valence-corrected chi connectivity index (χ2v) is 7.16. The van der Waals surface area contributed by atoms with E-state index in [9.17, 15) is 18.0 Å². The molecule has 7 heteroatoms. The molecular weight excluding hydrogens is 345 g/mol. The lowest BCUT2D eigenvalue weighted by Gasteiger charge is -2.27. The van der Waals surface area contributed by atoms with Gasteiger partial charge in [0.2, 0.25) is 0 Å². The zero-order valence-corrected chi connectivity index (χ0v) is 14.4. The average molecular weight is 366 g/mol. The third-order valence-electron chi connectivity index (χ3n) is 5.36. The van der Waals surface area contributed by atoms with Crippen molar-refractivity contribution in [3.63, 3.8) is 0 Å². The van der Waals surface area contributed by atoms with Gasteiger partial charge < -0.3 is 14.2 Å². The highest BCUT2D eigenvalue weighted by Gasteiger charge is 2.34. The summed E-state index contributed by atoms with van der Waals surface area (Å²) in [5.74, 6) is -0.107. The van der Waals surface area contributed by atoms with Gasteiger partial charge in [0.15, 0.2) is 5.76 Å². The highest BCUT2D eigenvalue weighted by Crippen LogP contribution is 2.33. The summed E-state index contributed by atoms with van der Waals surface area (Å²) in [6.45, 7) is 3.68. The number of alkyl halides is 3. The number of carbonyl (C=O) groups is 1. The summed E-state index contributed by atoms with van der Waals surface area (Å²) < 4.78 is 44.0. The number of hydrogen-bond donors (Lipinski definition) is 0. The fraction of sp³-hybridized carbons (Fsp3) is 0.526. The van der Waals surface area contributed by atoms with Crippen LogP contribution in [0.5, 0.6) is 0 Å². The second-order valence-electron chi connectivity index (χ2n) is 7.16. The molecule has 0 spiro atoms. The molecule has 0 bridgehead atoms. The van der Waals surface area contributed by atoms with Crippen LogP contribution in [0.1, 0.15) is 41.8 Å². The number of likely N-dealkylation sites (tertiary alicyclic amines) is 2. The summed E-state index contributed by atoms with van der Waals surface area (Å²) in [4.78, 5) is 17.1. The molecule has 4 nitrogen and oxygen atoms in total. The van der Waals surface area contributed by atoms with E-state index in [0.717, 1.165) is 44.6 Å². The first-order valence-corrected chi connectivity index (χ1v) is 9.06. The largest absolute Gasteiger partial charge is 0.451 e. The second kappa shape index (κ2) is 6.61. The van der Waals surface area contributed by atoms with Crippen LogP contribution in [0.3, 0.4) is 0 Å². The molecule has 0 saturated carbocycles. The van der Waals surface area contributed by atoms with Gasteiger partial charge in [-0.1, -0.05) is 6.07 Å². The Morgan fingerprint density at radius 1 is 1.12 bits per heavy atom. The maximum absolute atomic E-state index is 12.9. The number of carbonyl (C=O) groups excluding carboxylic acids is 1. The molecule has 4 rings (SSSR count). The van der Waals surface area contributed by atoms with Crippen molar-refractivity contribution in [2.24, 2.45) is 0 Å². The molecule has 1 unspecified atom stereocenters. The minimum atomic E-state index is -4.43. The molecule has 1 aromatic carbocycles. The predicted molar refractivity (Wildman–Crippen MR) is 90.9 cm³/mol. The van der Waals surface area contributed by atoms with Crippen molar-refractivity contribution >= 4 is 16.9 Å². The maximum atomic E-state index is 12.9. The summed E-state index contributed by atoms with van der Waals surface area (Å²) in [6, 6.07) is 5.02. The molecule has 3 heterocycles. The van der Waals surface area contributed by atoms with Crippen LogP contribution in [0.25, 0.3) is 11.0 Å². The maximum Gasteiger partial charge on any atom is 0.416 e. The van der Waals surface area contributed by atoms with Crippen molar-refractivity contribution in [3.8, 4) is 0 Å². The summed E-state index contributed by atoms with van der Waals surface area (Å²) >= 11 is 0. The Morgan fingerprint density at radius 2 is 1.88 bits per heavy atom. The van der Waals surface area contributed by atoms with E-state index in [4.69, 9.17) is 4.42 Å². The van der Waals surface area contributed by atoms with Crippen LogP contribution >= 0.6 is 0 Å². The summed E-state index contributed by atoms with van der Waals surface area (Å²) in [5, 5.41) is 0.511. The van der Waals surface area contributed by atoms with Crippen LogP contribution in [0.2, 0.25) is 0 Å². The molecule has 2 aliphatic rings. The van der Waals surface area contributed by atoms with Gasteiger partial charge in [0.1, 0.15) is 5.58 Å². The number of benzene rings is 1. The third-order valence-corrected chi connectivity index (χ3v) is 5.36. The smallest absolute Gasteiger partial charge is 0.416 e. The fourth-order valence-electron chi connectivity index (χ4n) is 4.01. The van der Waals surface area contributed by atoms with Crippen molar-refractivity contribution in [2.75, 3.05) is 26.2 Å². The zero-order valence-electron chi connectivity index (χ0n) is 14.4. The van der Waals surface area contributed by atoms with Crippen molar-refractivity contribution in [1.29, 1.82) is 0 Å². The van der Waals surface area contributed by atoms with Crippen LogP contribution in [0.15, 0.2) is 28.7 Å². The molecule has 1 aromatic heterocycles. The van der Waals surface area contributed by atoms with Crippen molar-refractivity contribution in [3.05, 3.63) is 35.6 Å². The van der Waals surface area contributed by atoms with E-state index >= 15 is 0 Å². The number of hydrogen-bond acceptors (Lipinski definition) is 3. The topological polar surface area (TPSA) is 36.7 Å². The molecule has 1 amide bonds. The minimum Gasteiger partial charge on any atom is -0.451 e. The van der Waals surface area contributed by atoms with Gasteiger partial charge in [0.05, 0.1) is 5.56 Å². The number of nitrogens with zero attached hydrogens (tertiary/aromatic N) is 2. The van der Waals surface area contributed by atoms with Gasteiger partial charge >= 0.3 is 6.18 Å². The van der Waals surface area contributed by atoms with Gasteiger partial charge in [-0.2, -0.15) is 13.2 Å². The first kappa shape index (κ1) is 17.4. The quantitative estimate of drug-likeness (QED) is 0.819. The first-order chi connectivity index (χ1) is 12.4. The lowest BCUT2D eigenvalue weighted by Crippen LogP contribution is -2.42. The average Bonchev–Trinajstić information content (AvgIpc) is 3.33. The van der Waals surface area contributed by atoms with Gasteiger partial charge in [-0.25, -0.2) is 0 Å². The summed E-state index contributed by atoms with van der Waals surface area (Å²) in [7, 11) is 0. The van der Waals surface area contributed by atoms with Crippen LogP contribution in [-0.2, 0) is 6.18 Å². The van der Waals surface area contributed by atoms with Crippen LogP contribution in [0.4, 0.5) is 13.2 Å². The van der Waals surface area contributed by atoms with Crippen molar-refractivity contribution in [2.45, 2.75) is 37.9 Å². The van der Waals surface area contributed by atoms with Crippen LogP contribution in [0, 0.1) is 0 Å². The van der Waals surface area contributed by atoms with E-state index in [1.54, 1.807) is 6.07 Å². The number of amides is 1. The first-order valence-electron chi connectivity index (χ1n) is 9.06. The molecule has 0 N–H and O–H groups in total. The van der Waals surface area contributed by atoms with E-state index < -0.39 is 11.7 Å². The Labute approximate surface area is 149 Å². The molecule has 0 aliphatic carbocycles. The highest BCUT2D eigenvalue weighted by atomic mass is 19.4. The molecule has 140 valence electrons. The molecule has 2 aromatic rings. The molecular formula is C19H21F3N2O2. The van der Waals surface area contributed by atoms with E-state index in [0.29, 0.717) is 11.9 Å². The van der Waals surface area contributed by atoms with Crippen molar-refractivity contribution in [1.82, 2.24) is 9.80 Å². The number of rotatable bonds is 3. The molecule has 0 radical (unpaired) electrons. The lowest BCUT2D eigenvalue weighted by atomic mass is 10.1. The standard InChI is InChI=1S/C19H21F3N2O2/c20-19(21,22)14-6-5-13-10-17(26-16(13)11-14)18(25)24-9-3-4-15(24)12-23-7-1-2-8-23/h5-6,10-11,15H,1-4,7-9,12H2. The molecule has 1 atom stereocenters. The number of furan rings is 1. The van der Waals surface area contributed by atoms with Gasteiger partial charge in [-0.3, -0.25) is 4.79 Å². The normalized spacial score (nSPS) is 21.8. The van der Waals surface area contributed by atoms with Gasteiger partial charge in [0.25, 0.3) is 5.91 Å². The van der Waals surface area contributed by atoms with Gasteiger partial charge in [-0.05, 0) is 57.0 Å². The van der Waals surface area contributed by atoms with E-state index in [-0.39, 0.29) is 23.3 Å². The minimum absolute atomic E-state index is 0.0958. The summed E-state index contributed by atoms with van der Waals surface area (Å²) in [6.07, 6.45) is -0.123. The van der Waals surface area contributed by atoms with Gasteiger partial charge in [-0.15, -0.1) is 0 Å². The number of fused-ring (bicyclic) bond motifs is 1. The van der Waals surface area contributed by atoms with E-state index in [1.807, 2.05) is 4.90 Å². The third kappa shape index (κ3) is 3.32. The zero-order chi connectivity index (χ0) is 18.3. The SMILES string of the molecule is O=C(c1cc2ccc(C(F)(F)F)cc2o1)N1CCCC1CN1CCCC1. The number of halogens is 3. The summed E-state index contributed by atoms with van der Waals surface area (Å²) in [5.41, 5.74) is -0.676. The van der Waals surface area contributed by atoms with Gasteiger partial charge in [0, 0.05) is 24.5 Å². The molecule has 26 heavy (non-hydrogen) atoms. The van der Waals surface area contributed by atoms with Crippen LogP contribution < -0.4 is 0 Å². The van der Waals surface area contributed by atoms with Crippen LogP contribution in [-0.4, -0.2) is 47.9 Å². The van der Waals surface area contributed by atoms with E-state index in [1.165, 1.54) is 18.9 Å². The Hall–Kier alpha value is -2.02. The molecule has 2 fully saturated rings. The van der Waals surface area contributed by atoms with E-state index in [2.05, 4.69) is 4.90 Å². The Balaban J connectivity index is 1.55. The Morgan fingerprint density at radius 3 is 2.62 bits per heavy atom. The molecule has 2 saturated heterocycles. The fourth-order valence-corrected chi connectivity index (χ4v) is 4.01. The highest BCUT2D eigenvalue weighted by molar-refractivity contribution is 5.96. The Kier molecular flexibility index (Phi) is 4.42. The Bertz CT molecular complexity index is 809. The van der Waals surface area contributed by atoms with Crippen molar-refractivity contribution < 1.29 is 22.4 Å².